The number of hydrogen-bond donors (Lipinski definition) is 2. The van der Waals surface area contributed by atoms with Crippen LogP contribution in [0.3, 0.4) is 0 Å². The molecule has 0 fully saturated rings. The highest BCUT2D eigenvalue weighted by atomic mass is 16.3. The van der Waals surface area contributed by atoms with Gasteiger partial charge in [-0.3, -0.25) is 4.79 Å². The highest BCUT2D eigenvalue weighted by Gasteiger charge is 2.17. The van der Waals surface area contributed by atoms with Gasteiger partial charge in [0, 0.05) is 6.08 Å². The number of carbonyl (C=O) groups is 1. The summed E-state index contributed by atoms with van der Waals surface area (Å²) in [5.41, 5.74) is -0.607. The Labute approximate surface area is 88.6 Å². The normalized spacial score (nSPS) is 11.9. The minimum absolute atomic E-state index is 0.104. The van der Waals surface area contributed by atoms with Gasteiger partial charge >= 0.3 is 0 Å². The van der Waals surface area contributed by atoms with Crippen LogP contribution in [0.15, 0.2) is 28.9 Å². The minimum atomic E-state index is -0.607. The first-order chi connectivity index (χ1) is 7.03. The summed E-state index contributed by atoms with van der Waals surface area (Å²) in [6.07, 6.45) is 4.48. The molecule has 0 aliphatic rings. The smallest absolute Gasteiger partial charge is 0.244 e. The van der Waals surface area contributed by atoms with E-state index in [2.05, 4.69) is 5.32 Å². The molecule has 0 spiro atoms. The van der Waals surface area contributed by atoms with Crippen LogP contribution in [0.2, 0.25) is 0 Å². The summed E-state index contributed by atoms with van der Waals surface area (Å²) in [6, 6.07) is 3.50. The number of carbonyl (C=O) groups excluding carboxylic acids is 1. The summed E-state index contributed by atoms with van der Waals surface area (Å²) in [7, 11) is 0. The van der Waals surface area contributed by atoms with Crippen molar-refractivity contribution in [2.24, 2.45) is 0 Å². The average Bonchev–Trinajstić information content (AvgIpc) is 2.66. The maximum Gasteiger partial charge on any atom is 0.244 e. The second-order valence-corrected chi connectivity index (χ2v) is 3.88. The molecule has 0 saturated heterocycles. The molecule has 1 rings (SSSR count). The molecule has 0 bridgehead atoms. The zero-order chi connectivity index (χ0) is 11.3. The van der Waals surface area contributed by atoms with Crippen LogP contribution in [-0.2, 0) is 4.79 Å². The molecule has 0 aromatic carbocycles. The molecule has 1 aromatic heterocycles. The van der Waals surface area contributed by atoms with Gasteiger partial charge < -0.3 is 14.8 Å². The molecule has 15 heavy (non-hydrogen) atoms. The lowest BCUT2D eigenvalue weighted by atomic mass is 10.1. The molecule has 0 aliphatic heterocycles. The van der Waals surface area contributed by atoms with Crippen LogP contribution in [0.4, 0.5) is 0 Å². The summed E-state index contributed by atoms with van der Waals surface area (Å²) < 4.78 is 5.02. The molecule has 2 N–H and O–H groups in total. The number of furan rings is 1. The fourth-order valence-electron chi connectivity index (χ4n) is 0.959. The molecule has 1 amide bonds. The average molecular weight is 209 g/mol. The van der Waals surface area contributed by atoms with Gasteiger partial charge in [0.1, 0.15) is 5.76 Å². The van der Waals surface area contributed by atoms with Crippen molar-refractivity contribution < 1.29 is 14.3 Å². The third-order valence-corrected chi connectivity index (χ3v) is 1.80. The molecule has 1 aromatic rings. The SMILES string of the molecule is CC(C)(CO)NC(=O)/C=C/c1ccco1. The first kappa shape index (κ1) is 11.5. The van der Waals surface area contributed by atoms with Crippen LogP contribution < -0.4 is 5.32 Å². The van der Waals surface area contributed by atoms with E-state index in [-0.39, 0.29) is 12.5 Å². The van der Waals surface area contributed by atoms with Crippen molar-refractivity contribution in [1.29, 1.82) is 0 Å². The molecule has 1 heterocycles. The van der Waals surface area contributed by atoms with Gasteiger partial charge in [0.05, 0.1) is 18.4 Å². The number of aliphatic hydroxyl groups is 1. The molecule has 4 heteroatoms. The number of nitrogens with one attached hydrogen (secondary N) is 1. The van der Waals surface area contributed by atoms with Crippen molar-refractivity contribution >= 4 is 12.0 Å². The maximum atomic E-state index is 11.4. The highest BCUT2D eigenvalue weighted by molar-refractivity contribution is 5.91. The zero-order valence-electron chi connectivity index (χ0n) is 8.86. The third kappa shape index (κ3) is 3.99. The Morgan fingerprint density at radius 2 is 2.40 bits per heavy atom. The van der Waals surface area contributed by atoms with Gasteiger partial charge in [0.2, 0.25) is 5.91 Å². The standard InChI is InChI=1S/C11H15NO3/c1-11(2,8-13)12-10(14)6-5-9-4-3-7-15-9/h3-7,13H,8H2,1-2H3,(H,12,14)/b6-5+. The van der Waals surface area contributed by atoms with Crippen molar-refractivity contribution in [3.05, 3.63) is 30.2 Å². The third-order valence-electron chi connectivity index (χ3n) is 1.80. The monoisotopic (exact) mass is 209 g/mol. The van der Waals surface area contributed by atoms with Gasteiger partial charge in [-0.1, -0.05) is 0 Å². The Morgan fingerprint density at radius 3 is 2.93 bits per heavy atom. The van der Waals surface area contributed by atoms with E-state index in [0.29, 0.717) is 5.76 Å². The van der Waals surface area contributed by atoms with E-state index in [0.717, 1.165) is 0 Å². The van der Waals surface area contributed by atoms with E-state index in [1.54, 1.807) is 32.1 Å². The van der Waals surface area contributed by atoms with E-state index < -0.39 is 5.54 Å². The minimum Gasteiger partial charge on any atom is -0.465 e. The predicted molar refractivity (Wildman–Crippen MR) is 57.0 cm³/mol. The Morgan fingerprint density at radius 1 is 1.67 bits per heavy atom. The highest BCUT2D eigenvalue weighted by Crippen LogP contribution is 2.03. The van der Waals surface area contributed by atoms with Gasteiger partial charge in [-0.05, 0) is 32.1 Å². The molecule has 0 atom stereocenters. The Bertz CT molecular complexity index is 339. The van der Waals surface area contributed by atoms with Crippen LogP contribution >= 0.6 is 0 Å². The fourth-order valence-corrected chi connectivity index (χ4v) is 0.959. The Kier molecular flexibility index (Phi) is 3.68. The molecular weight excluding hydrogens is 194 g/mol. The summed E-state index contributed by atoms with van der Waals surface area (Å²) in [6.45, 7) is 3.38. The lowest BCUT2D eigenvalue weighted by Crippen LogP contribution is -2.45. The van der Waals surface area contributed by atoms with Crippen LogP contribution in [0, 0.1) is 0 Å². The number of amides is 1. The van der Waals surface area contributed by atoms with Crippen LogP contribution in [0.1, 0.15) is 19.6 Å². The van der Waals surface area contributed by atoms with Crippen molar-refractivity contribution in [1.82, 2.24) is 5.32 Å². The first-order valence-corrected chi connectivity index (χ1v) is 4.68. The van der Waals surface area contributed by atoms with Gasteiger partial charge in [0.25, 0.3) is 0 Å². The maximum absolute atomic E-state index is 11.4. The number of rotatable bonds is 4. The predicted octanol–water partition coefficient (Wildman–Crippen LogP) is 1.18. The quantitative estimate of drug-likeness (QED) is 0.732. The fraction of sp³-hybridized carbons (Fsp3) is 0.364. The van der Waals surface area contributed by atoms with Crippen molar-refractivity contribution in [3.8, 4) is 0 Å². The summed E-state index contributed by atoms with van der Waals surface area (Å²) in [4.78, 5) is 11.4. The summed E-state index contributed by atoms with van der Waals surface area (Å²) in [5, 5.41) is 11.6. The van der Waals surface area contributed by atoms with Gasteiger partial charge in [0.15, 0.2) is 0 Å². The van der Waals surface area contributed by atoms with Gasteiger partial charge in [-0.2, -0.15) is 0 Å². The summed E-state index contributed by atoms with van der Waals surface area (Å²) >= 11 is 0. The van der Waals surface area contributed by atoms with Gasteiger partial charge in [-0.15, -0.1) is 0 Å². The molecule has 0 saturated carbocycles. The largest absolute Gasteiger partial charge is 0.465 e. The van der Waals surface area contributed by atoms with E-state index in [1.807, 2.05) is 0 Å². The molecule has 0 unspecified atom stereocenters. The van der Waals surface area contributed by atoms with Crippen molar-refractivity contribution in [3.63, 3.8) is 0 Å². The number of aliphatic hydroxyl groups excluding tert-OH is 1. The molecular formula is C11H15NO3. The van der Waals surface area contributed by atoms with E-state index in [4.69, 9.17) is 9.52 Å². The van der Waals surface area contributed by atoms with E-state index in [1.165, 1.54) is 12.3 Å². The molecule has 0 radical (unpaired) electrons. The Balaban J connectivity index is 2.50. The van der Waals surface area contributed by atoms with Crippen LogP contribution in [0.5, 0.6) is 0 Å². The lowest BCUT2D eigenvalue weighted by Gasteiger charge is -2.22. The van der Waals surface area contributed by atoms with E-state index >= 15 is 0 Å². The van der Waals surface area contributed by atoms with Crippen LogP contribution in [0.25, 0.3) is 6.08 Å². The first-order valence-electron chi connectivity index (χ1n) is 4.68. The molecule has 82 valence electrons. The second kappa shape index (κ2) is 4.79. The van der Waals surface area contributed by atoms with Crippen molar-refractivity contribution in [2.45, 2.75) is 19.4 Å². The lowest BCUT2D eigenvalue weighted by molar-refractivity contribution is -0.118. The number of hydrogen-bond acceptors (Lipinski definition) is 3. The topological polar surface area (TPSA) is 62.5 Å². The second-order valence-electron chi connectivity index (χ2n) is 3.88. The summed E-state index contributed by atoms with van der Waals surface area (Å²) in [5.74, 6) is 0.359. The van der Waals surface area contributed by atoms with Crippen molar-refractivity contribution in [2.75, 3.05) is 6.61 Å². The van der Waals surface area contributed by atoms with Crippen LogP contribution in [-0.4, -0.2) is 23.2 Å². The molecule has 4 nitrogen and oxygen atoms in total. The molecule has 0 aliphatic carbocycles. The van der Waals surface area contributed by atoms with Gasteiger partial charge in [-0.25, -0.2) is 0 Å². The zero-order valence-corrected chi connectivity index (χ0v) is 8.86. The van der Waals surface area contributed by atoms with E-state index in [9.17, 15) is 4.79 Å². The Hall–Kier alpha value is -1.55.